The molecule has 76 valence electrons. The van der Waals surface area contributed by atoms with Crippen molar-refractivity contribution in [3.05, 3.63) is 0 Å². The standard InChI is InChI=1S/C9H17NO3/c1-8(9(11)12)2-3-10-4-6-13-7-5-10/h8H,2-7H2,1H3,(H,11,12)/t8-/m1/s1. The number of hydrogen-bond acceptors (Lipinski definition) is 3. The van der Waals surface area contributed by atoms with Crippen molar-refractivity contribution in [2.24, 2.45) is 5.92 Å². The van der Waals surface area contributed by atoms with E-state index in [0.717, 1.165) is 39.3 Å². The highest BCUT2D eigenvalue weighted by Gasteiger charge is 2.14. The number of carboxylic acid groups (broad SMARTS) is 1. The minimum atomic E-state index is -0.701. The van der Waals surface area contributed by atoms with Crippen molar-refractivity contribution in [1.29, 1.82) is 0 Å². The molecule has 0 unspecified atom stereocenters. The van der Waals surface area contributed by atoms with Crippen LogP contribution >= 0.6 is 0 Å². The molecule has 0 spiro atoms. The van der Waals surface area contributed by atoms with E-state index in [0.29, 0.717) is 0 Å². The Kier molecular flexibility index (Phi) is 4.18. The lowest BCUT2D eigenvalue weighted by Gasteiger charge is -2.26. The Morgan fingerprint density at radius 2 is 2.15 bits per heavy atom. The monoisotopic (exact) mass is 187 g/mol. The molecule has 1 aliphatic rings. The summed E-state index contributed by atoms with van der Waals surface area (Å²) in [5.41, 5.74) is 0. The van der Waals surface area contributed by atoms with E-state index < -0.39 is 5.97 Å². The van der Waals surface area contributed by atoms with Crippen molar-refractivity contribution in [1.82, 2.24) is 4.90 Å². The number of hydrogen-bond donors (Lipinski definition) is 1. The number of carboxylic acids is 1. The van der Waals surface area contributed by atoms with Gasteiger partial charge in [-0.15, -0.1) is 0 Å². The third kappa shape index (κ3) is 3.74. The van der Waals surface area contributed by atoms with Crippen LogP contribution in [0.4, 0.5) is 0 Å². The summed E-state index contributed by atoms with van der Waals surface area (Å²) >= 11 is 0. The minimum Gasteiger partial charge on any atom is -0.481 e. The first-order valence-electron chi connectivity index (χ1n) is 4.73. The fourth-order valence-corrected chi connectivity index (χ4v) is 1.32. The average Bonchev–Trinajstić information content (AvgIpc) is 2.15. The lowest BCUT2D eigenvalue weighted by atomic mass is 10.1. The van der Waals surface area contributed by atoms with Gasteiger partial charge in [0.1, 0.15) is 0 Å². The molecular formula is C9H17NO3. The molecule has 0 saturated carbocycles. The van der Waals surface area contributed by atoms with Crippen molar-refractivity contribution in [2.75, 3.05) is 32.8 Å². The Labute approximate surface area is 78.5 Å². The van der Waals surface area contributed by atoms with Crippen molar-refractivity contribution >= 4 is 5.97 Å². The van der Waals surface area contributed by atoms with Crippen LogP contribution < -0.4 is 0 Å². The van der Waals surface area contributed by atoms with Gasteiger partial charge in [-0.3, -0.25) is 9.69 Å². The van der Waals surface area contributed by atoms with Crippen LogP contribution in [0.25, 0.3) is 0 Å². The van der Waals surface area contributed by atoms with Gasteiger partial charge in [-0.05, 0) is 13.0 Å². The molecule has 0 aliphatic carbocycles. The summed E-state index contributed by atoms with van der Waals surface area (Å²) in [6, 6.07) is 0. The molecule has 0 aromatic heterocycles. The first kappa shape index (κ1) is 10.5. The van der Waals surface area contributed by atoms with Gasteiger partial charge in [0.05, 0.1) is 19.1 Å². The zero-order valence-corrected chi connectivity index (χ0v) is 8.03. The second-order valence-electron chi connectivity index (χ2n) is 3.48. The summed E-state index contributed by atoms with van der Waals surface area (Å²) in [4.78, 5) is 12.8. The van der Waals surface area contributed by atoms with Crippen LogP contribution in [0.15, 0.2) is 0 Å². The Balaban J connectivity index is 2.13. The van der Waals surface area contributed by atoms with Crippen LogP contribution in [0, 0.1) is 5.92 Å². The summed E-state index contributed by atoms with van der Waals surface area (Å²) < 4.78 is 5.20. The van der Waals surface area contributed by atoms with Crippen LogP contribution in [0.5, 0.6) is 0 Å². The Morgan fingerprint density at radius 1 is 1.54 bits per heavy atom. The summed E-state index contributed by atoms with van der Waals surface area (Å²) in [6.07, 6.45) is 0.731. The van der Waals surface area contributed by atoms with E-state index in [2.05, 4.69) is 4.90 Å². The van der Waals surface area contributed by atoms with E-state index >= 15 is 0 Å². The van der Waals surface area contributed by atoms with Crippen LogP contribution in [0.1, 0.15) is 13.3 Å². The van der Waals surface area contributed by atoms with Gasteiger partial charge in [0.25, 0.3) is 0 Å². The third-order valence-electron chi connectivity index (χ3n) is 2.40. The van der Waals surface area contributed by atoms with E-state index in [-0.39, 0.29) is 5.92 Å². The number of aliphatic carboxylic acids is 1. The molecule has 1 rings (SSSR count). The maximum absolute atomic E-state index is 10.5. The normalized spacial score (nSPS) is 21.3. The number of nitrogens with zero attached hydrogens (tertiary/aromatic N) is 1. The maximum Gasteiger partial charge on any atom is 0.306 e. The molecule has 0 aromatic rings. The zero-order chi connectivity index (χ0) is 9.68. The van der Waals surface area contributed by atoms with E-state index in [1.165, 1.54) is 0 Å². The van der Waals surface area contributed by atoms with Gasteiger partial charge >= 0.3 is 5.97 Å². The smallest absolute Gasteiger partial charge is 0.306 e. The molecule has 1 atom stereocenters. The molecule has 1 saturated heterocycles. The highest BCUT2D eigenvalue weighted by Crippen LogP contribution is 2.05. The molecule has 4 heteroatoms. The van der Waals surface area contributed by atoms with E-state index in [9.17, 15) is 4.79 Å². The van der Waals surface area contributed by atoms with Crippen molar-refractivity contribution < 1.29 is 14.6 Å². The maximum atomic E-state index is 10.5. The lowest BCUT2D eigenvalue weighted by molar-refractivity contribution is -0.141. The minimum absolute atomic E-state index is 0.233. The van der Waals surface area contributed by atoms with Crippen LogP contribution in [0.2, 0.25) is 0 Å². The molecule has 1 heterocycles. The number of rotatable bonds is 4. The number of ether oxygens (including phenoxy) is 1. The number of morpholine rings is 1. The Morgan fingerprint density at radius 3 is 2.69 bits per heavy atom. The molecule has 1 aliphatic heterocycles. The second kappa shape index (κ2) is 5.19. The number of carbonyl (C=O) groups is 1. The summed E-state index contributed by atoms with van der Waals surface area (Å²) in [5, 5.41) is 8.67. The quantitative estimate of drug-likeness (QED) is 0.693. The highest BCUT2D eigenvalue weighted by molar-refractivity contribution is 5.69. The first-order valence-corrected chi connectivity index (χ1v) is 4.73. The summed E-state index contributed by atoms with van der Waals surface area (Å²) in [7, 11) is 0. The molecule has 0 amide bonds. The molecule has 0 radical (unpaired) electrons. The van der Waals surface area contributed by atoms with Gasteiger partial charge < -0.3 is 9.84 Å². The largest absolute Gasteiger partial charge is 0.481 e. The Hall–Kier alpha value is -0.610. The van der Waals surface area contributed by atoms with Gasteiger partial charge in [-0.1, -0.05) is 6.92 Å². The molecule has 13 heavy (non-hydrogen) atoms. The fourth-order valence-electron chi connectivity index (χ4n) is 1.32. The Bertz CT molecular complexity index is 166. The highest BCUT2D eigenvalue weighted by atomic mass is 16.5. The summed E-state index contributed by atoms with van der Waals surface area (Å²) in [5.74, 6) is -0.934. The summed E-state index contributed by atoms with van der Waals surface area (Å²) in [6.45, 7) is 6.06. The average molecular weight is 187 g/mol. The zero-order valence-electron chi connectivity index (χ0n) is 8.03. The third-order valence-corrected chi connectivity index (χ3v) is 2.40. The predicted molar refractivity (Wildman–Crippen MR) is 48.7 cm³/mol. The SMILES string of the molecule is C[C@H](CCN1CCOCC1)C(=O)O. The van der Waals surface area contributed by atoms with Crippen molar-refractivity contribution in [3.63, 3.8) is 0 Å². The van der Waals surface area contributed by atoms with Gasteiger partial charge in [-0.25, -0.2) is 0 Å². The molecule has 0 bridgehead atoms. The van der Waals surface area contributed by atoms with Crippen LogP contribution in [-0.2, 0) is 9.53 Å². The van der Waals surface area contributed by atoms with E-state index in [1.54, 1.807) is 6.92 Å². The molecular weight excluding hydrogens is 170 g/mol. The van der Waals surface area contributed by atoms with Gasteiger partial charge in [0.2, 0.25) is 0 Å². The van der Waals surface area contributed by atoms with Crippen molar-refractivity contribution in [2.45, 2.75) is 13.3 Å². The first-order chi connectivity index (χ1) is 6.20. The van der Waals surface area contributed by atoms with Crippen LogP contribution in [-0.4, -0.2) is 48.8 Å². The van der Waals surface area contributed by atoms with E-state index in [4.69, 9.17) is 9.84 Å². The predicted octanol–water partition coefficient (Wildman–Crippen LogP) is 0.429. The topological polar surface area (TPSA) is 49.8 Å². The van der Waals surface area contributed by atoms with Crippen molar-refractivity contribution in [3.8, 4) is 0 Å². The second-order valence-corrected chi connectivity index (χ2v) is 3.48. The molecule has 1 N–H and O–H groups in total. The molecule has 4 nitrogen and oxygen atoms in total. The van der Waals surface area contributed by atoms with Gasteiger partial charge in [0.15, 0.2) is 0 Å². The van der Waals surface area contributed by atoms with Gasteiger partial charge in [0, 0.05) is 13.1 Å². The molecule has 1 fully saturated rings. The fraction of sp³-hybridized carbons (Fsp3) is 0.889. The van der Waals surface area contributed by atoms with Crippen LogP contribution in [0.3, 0.4) is 0 Å². The van der Waals surface area contributed by atoms with E-state index in [1.807, 2.05) is 0 Å². The molecule has 0 aromatic carbocycles. The lowest BCUT2D eigenvalue weighted by Crippen LogP contribution is -2.37. The van der Waals surface area contributed by atoms with Gasteiger partial charge in [-0.2, -0.15) is 0 Å².